The van der Waals surface area contributed by atoms with Crippen molar-refractivity contribution in [3.63, 3.8) is 0 Å². The second-order valence-electron chi connectivity index (χ2n) is 5.92. The zero-order chi connectivity index (χ0) is 19.4. The molecule has 0 amide bonds. The van der Waals surface area contributed by atoms with E-state index in [0.717, 1.165) is 5.56 Å². The topological polar surface area (TPSA) is 98.3 Å². The lowest BCUT2D eigenvalue weighted by atomic mass is 10.2. The highest BCUT2D eigenvalue weighted by molar-refractivity contribution is 7.71. The van der Waals surface area contributed by atoms with Crippen LogP contribution in [0.3, 0.4) is 0 Å². The maximum Gasteiger partial charge on any atom is 0.278 e. The Bertz CT molecular complexity index is 1050. The standard InChI is InChI=1S/C18H17N5O3S/c1-12(2)26-15-8-5-7-13(10-15)17-20-21-18(27)22(17)19-11-14-6-3-4-9-16(14)23(24)25/h3-12H,1-2H3,(H,21,27)/b19-11-. The maximum absolute atomic E-state index is 11.1. The Morgan fingerprint density at radius 3 is 2.81 bits per heavy atom. The average Bonchev–Trinajstić information content (AvgIpc) is 3.00. The minimum absolute atomic E-state index is 0.0369. The van der Waals surface area contributed by atoms with Crippen LogP contribution in [0, 0.1) is 14.9 Å². The van der Waals surface area contributed by atoms with E-state index < -0.39 is 4.92 Å². The summed E-state index contributed by atoms with van der Waals surface area (Å²) in [5.74, 6) is 1.18. The third-order valence-electron chi connectivity index (χ3n) is 3.56. The van der Waals surface area contributed by atoms with E-state index in [1.165, 1.54) is 17.0 Å². The molecular weight excluding hydrogens is 366 g/mol. The van der Waals surface area contributed by atoms with Crippen molar-refractivity contribution < 1.29 is 9.66 Å². The lowest BCUT2D eigenvalue weighted by molar-refractivity contribution is -0.385. The number of para-hydroxylation sites is 1. The molecular formula is C18H17N5O3S. The van der Waals surface area contributed by atoms with Crippen LogP contribution in [0.1, 0.15) is 19.4 Å². The van der Waals surface area contributed by atoms with Gasteiger partial charge < -0.3 is 4.74 Å². The number of nitrogens with zero attached hydrogens (tertiary/aromatic N) is 4. The molecule has 1 N–H and O–H groups in total. The number of hydrogen-bond acceptors (Lipinski definition) is 6. The molecule has 3 aromatic rings. The molecule has 27 heavy (non-hydrogen) atoms. The summed E-state index contributed by atoms with van der Waals surface area (Å²) in [6.45, 7) is 3.89. The van der Waals surface area contributed by atoms with Crippen LogP contribution < -0.4 is 4.74 Å². The van der Waals surface area contributed by atoms with E-state index in [9.17, 15) is 10.1 Å². The zero-order valence-electron chi connectivity index (χ0n) is 14.7. The molecule has 0 radical (unpaired) electrons. The molecule has 0 bridgehead atoms. The number of nitro groups is 1. The molecule has 2 aromatic carbocycles. The van der Waals surface area contributed by atoms with Crippen molar-refractivity contribution in [3.8, 4) is 17.1 Å². The molecule has 0 aliphatic rings. The molecule has 3 rings (SSSR count). The van der Waals surface area contributed by atoms with Crippen molar-refractivity contribution in [2.24, 2.45) is 5.10 Å². The lowest BCUT2D eigenvalue weighted by Crippen LogP contribution is -2.05. The van der Waals surface area contributed by atoms with E-state index in [-0.39, 0.29) is 16.6 Å². The van der Waals surface area contributed by atoms with Gasteiger partial charge in [-0.25, -0.2) is 5.10 Å². The monoisotopic (exact) mass is 383 g/mol. The van der Waals surface area contributed by atoms with Crippen LogP contribution in [0.5, 0.6) is 5.75 Å². The fourth-order valence-corrected chi connectivity index (χ4v) is 2.63. The second-order valence-corrected chi connectivity index (χ2v) is 6.31. The summed E-state index contributed by atoms with van der Waals surface area (Å²) in [6.07, 6.45) is 1.43. The Balaban J connectivity index is 1.99. The predicted octanol–water partition coefficient (Wildman–Crippen LogP) is 4.19. The van der Waals surface area contributed by atoms with Gasteiger partial charge in [-0.3, -0.25) is 10.1 Å². The summed E-state index contributed by atoms with van der Waals surface area (Å²) in [5.41, 5.74) is 1.08. The molecule has 1 aromatic heterocycles. The number of H-pyrrole nitrogens is 1. The van der Waals surface area contributed by atoms with Gasteiger partial charge in [-0.15, -0.1) is 0 Å². The molecule has 0 spiro atoms. The molecule has 0 unspecified atom stereocenters. The van der Waals surface area contributed by atoms with E-state index in [2.05, 4.69) is 15.3 Å². The predicted molar refractivity (Wildman–Crippen MR) is 105 cm³/mol. The Labute approximate surface area is 160 Å². The maximum atomic E-state index is 11.1. The smallest absolute Gasteiger partial charge is 0.278 e. The van der Waals surface area contributed by atoms with Gasteiger partial charge in [0.1, 0.15) is 5.75 Å². The number of benzene rings is 2. The van der Waals surface area contributed by atoms with Crippen molar-refractivity contribution >= 4 is 24.1 Å². The van der Waals surface area contributed by atoms with Crippen molar-refractivity contribution in [3.05, 3.63) is 69.0 Å². The van der Waals surface area contributed by atoms with E-state index in [0.29, 0.717) is 17.1 Å². The van der Waals surface area contributed by atoms with Crippen LogP contribution in [-0.4, -0.2) is 32.1 Å². The fraction of sp³-hybridized carbons (Fsp3) is 0.167. The number of ether oxygens (including phenoxy) is 1. The third-order valence-corrected chi connectivity index (χ3v) is 3.82. The van der Waals surface area contributed by atoms with Gasteiger partial charge >= 0.3 is 0 Å². The quantitative estimate of drug-likeness (QED) is 0.298. The van der Waals surface area contributed by atoms with Crippen LogP contribution in [0.25, 0.3) is 11.4 Å². The first-order valence-corrected chi connectivity index (χ1v) is 8.59. The van der Waals surface area contributed by atoms with Crippen molar-refractivity contribution in [2.45, 2.75) is 20.0 Å². The summed E-state index contributed by atoms with van der Waals surface area (Å²) < 4.78 is 7.40. The van der Waals surface area contributed by atoms with E-state index in [1.54, 1.807) is 18.2 Å². The molecule has 0 fully saturated rings. The molecule has 0 aliphatic carbocycles. The first-order valence-electron chi connectivity index (χ1n) is 8.18. The van der Waals surface area contributed by atoms with Crippen molar-refractivity contribution in [2.75, 3.05) is 0 Å². The van der Waals surface area contributed by atoms with Crippen molar-refractivity contribution in [1.29, 1.82) is 0 Å². The van der Waals surface area contributed by atoms with Gasteiger partial charge in [0.25, 0.3) is 5.69 Å². The number of hydrogen-bond donors (Lipinski definition) is 1. The molecule has 0 aliphatic heterocycles. The van der Waals surface area contributed by atoms with E-state index >= 15 is 0 Å². The van der Waals surface area contributed by atoms with Gasteiger partial charge in [0.15, 0.2) is 5.82 Å². The number of nitro benzene ring substituents is 1. The van der Waals surface area contributed by atoms with Gasteiger partial charge in [-0.1, -0.05) is 24.3 Å². The number of aromatic nitrogens is 3. The highest BCUT2D eigenvalue weighted by atomic mass is 32.1. The first kappa shape index (κ1) is 18.5. The number of rotatable bonds is 6. The molecule has 1 heterocycles. The van der Waals surface area contributed by atoms with Crippen LogP contribution in [0.2, 0.25) is 0 Å². The Hall–Kier alpha value is -3.33. The van der Waals surface area contributed by atoms with Gasteiger partial charge in [0, 0.05) is 11.6 Å². The summed E-state index contributed by atoms with van der Waals surface area (Å²) >= 11 is 5.24. The van der Waals surface area contributed by atoms with Crippen LogP contribution in [0.4, 0.5) is 5.69 Å². The van der Waals surface area contributed by atoms with Gasteiger partial charge in [0.2, 0.25) is 4.77 Å². The van der Waals surface area contributed by atoms with E-state index in [4.69, 9.17) is 17.0 Å². The molecule has 138 valence electrons. The SMILES string of the molecule is CC(C)Oc1cccc(-c2n[nH]c(=S)n2/N=C\c2ccccc2[N+](=O)[O-])c1. The molecule has 0 saturated heterocycles. The minimum atomic E-state index is -0.455. The highest BCUT2D eigenvalue weighted by Crippen LogP contribution is 2.23. The molecule has 0 saturated carbocycles. The summed E-state index contributed by atoms with van der Waals surface area (Å²) in [7, 11) is 0. The largest absolute Gasteiger partial charge is 0.491 e. The highest BCUT2D eigenvalue weighted by Gasteiger charge is 2.12. The average molecular weight is 383 g/mol. The summed E-state index contributed by atoms with van der Waals surface area (Å²) in [4.78, 5) is 10.7. The van der Waals surface area contributed by atoms with Gasteiger partial charge in [0.05, 0.1) is 22.8 Å². The van der Waals surface area contributed by atoms with E-state index in [1.807, 2.05) is 38.1 Å². The molecule has 9 heteroatoms. The summed E-state index contributed by atoms with van der Waals surface area (Å²) in [5, 5.41) is 22.4. The van der Waals surface area contributed by atoms with Gasteiger partial charge in [-0.05, 0) is 44.3 Å². The van der Waals surface area contributed by atoms with Crippen LogP contribution in [-0.2, 0) is 0 Å². The second kappa shape index (κ2) is 7.92. The summed E-state index contributed by atoms with van der Waals surface area (Å²) in [6, 6.07) is 13.7. The van der Waals surface area contributed by atoms with Crippen molar-refractivity contribution in [1.82, 2.24) is 14.9 Å². The lowest BCUT2D eigenvalue weighted by Gasteiger charge is -2.10. The Morgan fingerprint density at radius 1 is 1.30 bits per heavy atom. The Kier molecular flexibility index (Phi) is 5.41. The number of nitrogens with one attached hydrogen (secondary N) is 1. The normalized spacial score (nSPS) is 11.2. The van der Waals surface area contributed by atoms with Crippen LogP contribution in [0.15, 0.2) is 53.6 Å². The molecule has 8 nitrogen and oxygen atoms in total. The Morgan fingerprint density at radius 2 is 2.07 bits per heavy atom. The minimum Gasteiger partial charge on any atom is -0.491 e. The van der Waals surface area contributed by atoms with Crippen LogP contribution >= 0.6 is 12.2 Å². The zero-order valence-corrected chi connectivity index (χ0v) is 15.5. The van der Waals surface area contributed by atoms with Gasteiger partial charge in [-0.2, -0.15) is 14.9 Å². The first-order chi connectivity index (χ1) is 13.0. The fourth-order valence-electron chi connectivity index (χ4n) is 2.45. The molecule has 0 atom stereocenters. The number of aromatic amines is 1. The third kappa shape index (κ3) is 4.26.